The molecule has 0 radical (unpaired) electrons. The number of nitrogens with zero attached hydrogens (tertiary/aromatic N) is 3. The van der Waals surface area contributed by atoms with E-state index in [4.69, 9.17) is 4.52 Å². The van der Waals surface area contributed by atoms with Crippen molar-refractivity contribution in [1.82, 2.24) is 20.5 Å². The van der Waals surface area contributed by atoms with Crippen LogP contribution >= 0.6 is 11.3 Å². The van der Waals surface area contributed by atoms with E-state index >= 15 is 0 Å². The summed E-state index contributed by atoms with van der Waals surface area (Å²) in [6.07, 6.45) is 0. The molecule has 0 aliphatic heterocycles. The molecular formula is C20H17N5O3S. The third-order valence-corrected chi connectivity index (χ3v) is 5.31. The summed E-state index contributed by atoms with van der Waals surface area (Å²) in [5.41, 5.74) is 4.40. The zero-order valence-corrected chi connectivity index (χ0v) is 16.3. The fraction of sp³-hybridized carbons (Fsp3) is 0.100. The number of thiazole rings is 1. The number of rotatable bonds is 5. The van der Waals surface area contributed by atoms with Crippen LogP contribution in [-0.2, 0) is 11.8 Å². The number of fused-ring (bicyclic) bond motifs is 1. The van der Waals surface area contributed by atoms with Crippen LogP contribution in [0.3, 0.4) is 0 Å². The van der Waals surface area contributed by atoms with E-state index in [0.29, 0.717) is 10.6 Å². The van der Waals surface area contributed by atoms with Gasteiger partial charge in [-0.15, -0.1) is 5.10 Å². The van der Waals surface area contributed by atoms with Gasteiger partial charge in [0.2, 0.25) is 4.80 Å². The van der Waals surface area contributed by atoms with Crippen molar-refractivity contribution in [1.29, 1.82) is 0 Å². The minimum Gasteiger partial charge on any atom is -0.355 e. The lowest BCUT2D eigenvalue weighted by Gasteiger charge is -2.01. The van der Waals surface area contributed by atoms with Crippen molar-refractivity contribution in [2.45, 2.75) is 0 Å². The van der Waals surface area contributed by atoms with E-state index in [9.17, 15) is 9.59 Å². The van der Waals surface area contributed by atoms with Crippen molar-refractivity contribution >= 4 is 33.4 Å². The first-order chi connectivity index (χ1) is 14.1. The van der Waals surface area contributed by atoms with Crippen LogP contribution in [0, 0.1) is 0 Å². The van der Waals surface area contributed by atoms with E-state index in [0.717, 1.165) is 15.8 Å². The summed E-state index contributed by atoms with van der Waals surface area (Å²) >= 11 is 1.46. The minimum atomic E-state index is -0.501. The third-order valence-electron chi connectivity index (χ3n) is 4.20. The maximum atomic E-state index is 12.2. The Balaban J connectivity index is 1.36. The summed E-state index contributed by atoms with van der Waals surface area (Å²) in [6, 6.07) is 18.7. The Morgan fingerprint density at radius 3 is 2.69 bits per heavy atom. The van der Waals surface area contributed by atoms with Gasteiger partial charge >= 0.3 is 0 Å². The Bertz CT molecular complexity index is 1240. The standard InChI is InChI=1S/C20H17N5O3S/c1-25-15-9-5-6-10-17(15)29-20(25)23-22-18(26)12-21-19(27)14-11-16(28-24-14)13-7-3-2-4-8-13/h2-11H,12H2,1H3,(H,21,27)(H,22,26)/b23-20-. The van der Waals surface area contributed by atoms with Crippen LogP contribution in [0.2, 0.25) is 0 Å². The fourth-order valence-corrected chi connectivity index (χ4v) is 3.69. The fourth-order valence-electron chi connectivity index (χ4n) is 2.71. The smallest absolute Gasteiger partial charge is 0.273 e. The van der Waals surface area contributed by atoms with E-state index in [1.807, 2.05) is 66.2 Å². The zero-order valence-electron chi connectivity index (χ0n) is 15.5. The van der Waals surface area contributed by atoms with Gasteiger partial charge in [0.25, 0.3) is 11.8 Å². The summed E-state index contributed by atoms with van der Waals surface area (Å²) in [7, 11) is 1.88. The minimum absolute atomic E-state index is 0.101. The predicted octanol–water partition coefficient (Wildman–Crippen LogP) is 2.26. The number of hydrogen-bond donors (Lipinski definition) is 2. The van der Waals surface area contributed by atoms with Crippen molar-refractivity contribution in [3.05, 3.63) is 71.2 Å². The molecule has 2 aromatic carbocycles. The molecule has 0 spiro atoms. The predicted molar refractivity (Wildman–Crippen MR) is 109 cm³/mol. The first-order valence-electron chi connectivity index (χ1n) is 8.79. The molecule has 0 unspecified atom stereocenters. The summed E-state index contributed by atoms with van der Waals surface area (Å²) in [6.45, 7) is -0.232. The number of para-hydroxylation sites is 1. The summed E-state index contributed by atoms with van der Waals surface area (Å²) < 4.78 is 8.15. The second-order valence-corrected chi connectivity index (χ2v) is 7.19. The van der Waals surface area contributed by atoms with Crippen LogP contribution in [-0.4, -0.2) is 28.1 Å². The SMILES string of the molecule is Cn1/c(=N/NC(=O)CNC(=O)c2cc(-c3ccccc3)on2)sc2ccccc21. The maximum absolute atomic E-state index is 12.2. The highest BCUT2D eigenvalue weighted by Gasteiger charge is 2.14. The average molecular weight is 407 g/mol. The molecule has 2 heterocycles. The Hall–Kier alpha value is -3.72. The Kier molecular flexibility index (Phi) is 5.21. The zero-order chi connectivity index (χ0) is 20.2. The number of amides is 2. The largest absolute Gasteiger partial charge is 0.355 e. The lowest BCUT2D eigenvalue weighted by molar-refractivity contribution is -0.120. The van der Waals surface area contributed by atoms with Crippen molar-refractivity contribution in [3.63, 3.8) is 0 Å². The van der Waals surface area contributed by atoms with Gasteiger partial charge in [-0.3, -0.25) is 9.59 Å². The van der Waals surface area contributed by atoms with E-state index in [1.54, 1.807) is 0 Å². The first kappa shape index (κ1) is 18.6. The molecule has 146 valence electrons. The monoisotopic (exact) mass is 407 g/mol. The molecule has 29 heavy (non-hydrogen) atoms. The summed E-state index contributed by atoms with van der Waals surface area (Å²) in [4.78, 5) is 24.9. The van der Waals surface area contributed by atoms with Crippen LogP contribution in [0.5, 0.6) is 0 Å². The van der Waals surface area contributed by atoms with Gasteiger partial charge in [0, 0.05) is 18.7 Å². The second-order valence-electron chi connectivity index (χ2n) is 6.18. The average Bonchev–Trinajstić information content (AvgIpc) is 3.37. The molecule has 4 aromatic rings. The van der Waals surface area contributed by atoms with Gasteiger partial charge in [0.05, 0.1) is 16.8 Å². The molecule has 0 saturated heterocycles. The number of hydrogen-bond acceptors (Lipinski definition) is 6. The van der Waals surface area contributed by atoms with Gasteiger partial charge in [-0.1, -0.05) is 59.0 Å². The van der Waals surface area contributed by atoms with Gasteiger partial charge in [-0.25, -0.2) is 5.43 Å². The lowest BCUT2D eigenvalue weighted by atomic mass is 10.1. The second kappa shape index (κ2) is 8.11. The van der Waals surface area contributed by atoms with Gasteiger partial charge in [-0.2, -0.15) is 0 Å². The molecule has 2 amide bonds. The third kappa shape index (κ3) is 4.09. The van der Waals surface area contributed by atoms with Crippen LogP contribution in [0.15, 0.2) is 70.3 Å². The Morgan fingerprint density at radius 1 is 1.14 bits per heavy atom. The number of aryl methyl sites for hydroxylation is 1. The number of carbonyl (C=O) groups excluding carboxylic acids is 2. The highest BCUT2D eigenvalue weighted by atomic mass is 32.1. The van der Waals surface area contributed by atoms with Crippen molar-refractivity contribution in [2.75, 3.05) is 6.54 Å². The van der Waals surface area contributed by atoms with Crippen molar-refractivity contribution in [2.24, 2.45) is 12.1 Å². The molecule has 0 bridgehead atoms. The topological polar surface area (TPSA) is 102 Å². The van der Waals surface area contributed by atoms with E-state index in [1.165, 1.54) is 17.4 Å². The van der Waals surface area contributed by atoms with Crippen LogP contribution in [0.1, 0.15) is 10.5 Å². The first-order valence-corrected chi connectivity index (χ1v) is 9.61. The van der Waals surface area contributed by atoms with Crippen LogP contribution in [0.4, 0.5) is 0 Å². The normalized spacial score (nSPS) is 11.6. The van der Waals surface area contributed by atoms with Crippen molar-refractivity contribution in [3.8, 4) is 11.3 Å². The molecule has 0 atom stereocenters. The number of nitrogens with one attached hydrogen (secondary N) is 2. The number of carbonyl (C=O) groups is 2. The molecule has 2 aromatic heterocycles. The molecule has 0 aliphatic carbocycles. The summed E-state index contributed by atoms with van der Waals surface area (Å²) in [5.74, 6) is -0.464. The molecule has 0 fully saturated rings. The molecular weight excluding hydrogens is 390 g/mol. The summed E-state index contributed by atoms with van der Waals surface area (Å²) in [5, 5.41) is 10.4. The van der Waals surface area contributed by atoms with Crippen molar-refractivity contribution < 1.29 is 14.1 Å². The van der Waals surface area contributed by atoms with E-state index < -0.39 is 11.8 Å². The van der Waals surface area contributed by atoms with E-state index in [-0.39, 0.29) is 12.2 Å². The maximum Gasteiger partial charge on any atom is 0.273 e. The molecule has 8 nitrogen and oxygen atoms in total. The van der Waals surface area contributed by atoms with Crippen LogP contribution in [0.25, 0.3) is 21.5 Å². The van der Waals surface area contributed by atoms with E-state index in [2.05, 4.69) is 21.0 Å². The van der Waals surface area contributed by atoms with Gasteiger partial charge < -0.3 is 14.4 Å². The number of aromatic nitrogens is 2. The molecule has 0 saturated carbocycles. The highest BCUT2D eigenvalue weighted by Crippen LogP contribution is 2.19. The Morgan fingerprint density at radius 2 is 1.90 bits per heavy atom. The quantitative estimate of drug-likeness (QED) is 0.496. The lowest BCUT2D eigenvalue weighted by Crippen LogP contribution is -2.36. The molecule has 2 N–H and O–H groups in total. The van der Waals surface area contributed by atoms with Gasteiger partial charge in [-0.05, 0) is 12.1 Å². The molecule has 9 heteroatoms. The van der Waals surface area contributed by atoms with Gasteiger partial charge in [0.1, 0.15) is 0 Å². The van der Waals surface area contributed by atoms with Crippen LogP contribution < -0.4 is 15.5 Å². The Labute approximate surface area is 169 Å². The number of benzene rings is 2. The van der Waals surface area contributed by atoms with Gasteiger partial charge in [0.15, 0.2) is 11.5 Å². The highest BCUT2D eigenvalue weighted by molar-refractivity contribution is 7.16. The molecule has 4 rings (SSSR count). The molecule has 0 aliphatic rings.